The van der Waals surface area contributed by atoms with Crippen LogP contribution >= 0.6 is 11.6 Å². The van der Waals surface area contributed by atoms with Crippen LogP contribution in [0.5, 0.6) is 0 Å². The van der Waals surface area contributed by atoms with Crippen molar-refractivity contribution in [3.05, 3.63) is 47.4 Å². The summed E-state index contributed by atoms with van der Waals surface area (Å²) in [5.74, 6) is 0. The fraction of sp³-hybridized carbons (Fsp3) is 0.286. The van der Waals surface area contributed by atoms with Crippen molar-refractivity contribution in [2.24, 2.45) is 0 Å². The van der Waals surface area contributed by atoms with Crippen LogP contribution in [0.15, 0.2) is 36.8 Å². The third kappa shape index (κ3) is 2.92. The van der Waals surface area contributed by atoms with Crippen LogP contribution in [0.25, 0.3) is 11.3 Å². The minimum Gasteiger partial charge on any atom is -0.378 e. The highest BCUT2D eigenvalue weighted by Gasteiger charge is 2.16. The Morgan fingerprint density at radius 3 is 3.00 bits per heavy atom. The van der Waals surface area contributed by atoms with Crippen molar-refractivity contribution in [3.8, 4) is 11.3 Å². The number of aromatic nitrogens is 2. The summed E-state index contributed by atoms with van der Waals surface area (Å²) >= 11 is 6.21. The third-order valence-corrected chi connectivity index (χ3v) is 3.34. The van der Waals surface area contributed by atoms with Crippen molar-refractivity contribution < 1.29 is 4.74 Å². The quantitative estimate of drug-likeness (QED) is 0.915. The van der Waals surface area contributed by atoms with Gasteiger partial charge < -0.3 is 10.1 Å². The van der Waals surface area contributed by atoms with Gasteiger partial charge in [0.15, 0.2) is 0 Å². The summed E-state index contributed by atoms with van der Waals surface area (Å²) in [4.78, 5) is 8.18. The molecule has 1 unspecified atom stereocenters. The lowest BCUT2D eigenvalue weighted by molar-refractivity contribution is 0.0769. The smallest absolute Gasteiger partial charge is 0.116 e. The van der Waals surface area contributed by atoms with Crippen molar-refractivity contribution in [1.29, 1.82) is 0 Å². The molecule has 0 amide bonds. The average molecular weight is 276 g/mol. The molecule has 5 heteroatoms. The van der Waals surface area contributed by atoms with Gasteiger partial charge in [0.2, 0.25) is 0 Å². The van der Waals surface area contributed by atoms with E-state index in [9.17, 15) is 0 Å². The van der Waals surface area contributed by atoms with Gasteiger partial charge >= 0.3 is 0 Å². The summed E-state index contributed by atoms with van der Waals surface area (Å²) in [5, 5.41) is 4.13. The van der Waals surface area contributed by atoms with E-state index in [-0.39, 0.29) is 6.04 Å². The summed E-state index contributed by atoms with van der Waals surface area (Å²) in [5.41, 5.74) is 2.99. The molecule has 0 radical (unpaired) electrons. The monoisotopic (exact) mass is 275 g/mol. The Hall–Kier alpha value is -1.49. The minimum absolute atomic E-state index is 0.188. The normalized spacial score (nSPS) is 19.3. The Bertz CT molecular complexity index is 556. The lowest BCUT2D eigenvalue weighted by Crippen LogP contribution is -2.34. The maximum atomic E-state index is 6.21. The van der Waals surface area contributed by atoms with E-state index in [0.717, 1.165) is 30.0 Å². The molecule has 0 spiro atoms. The van der Waals surface area contributed by atoms with Gasteiger partial charge in [-0.2, -0.15) is 0 Å². The minimum atomic E-state index is 0.188. The van der Waals surface area contributed by atoms with Crippen molar-refractivity contribution in [2.75, 3.05) is 19.8 Å². The Morgan fingerprint density at radius 2 is 2.26 bits per heavy atom. The fourth-order valence-corrected chi connectivity index (χ4v) is 2.45. The van der Waals surface area contributed by atoms with E-state index in [1.54, 1.807) is 6.20 Å². The van der Waals surface area contributed by atoms with Crippen LogP contribution in [0.2, 0.25) is 5.02 Å². The van der Waals surface area contributed by atoms with E-state index in [2.05, 4.69) is 21.4 Å². The highest BCUT2D eigenvalue weighted by Crippen LogP contribution is 2.27. The van der Waals surface area contributed by atoms with E-state index >= 15 is 0 Å². The molecule has 2 aromatic rings. The van der Waals surface area contributed by atoms with E-state index in [1.807, 2.05) is 18.2 Å². The number of halogens is 1. The Labute approximate surface area is 116 Å². The third-order valence-electron chi connectivity index (χ3n) is 3.12. The predicted octanol–water partition coefficient (Wildman–Crippen LogP) is 2.46. The number of benzene rings is 1. The van der Waals surface area contributed by atoms with Gasteiger partial charge in [0, 0.05) is 23.3 Å². The van der Waals surface area contributed by atoms with Crippen LogP contribution in [0.3, 0.4) is 0 Å². The molecule has 1 fully saturated rings. The summed E-state index contributed by atoms with van der Waals surface area (Å²) < 4.78 is 5.49. The molecule has 2 heterocycles. The molecule has 0 bridgehead atoms. The fourth-order valence-electron chi connectivity index (χ4n) is 2.20. The van der Waals surface area contributed by atoms with Gasteiger partial charge in [0.05, 0.1) is 24.9 Å². The molecule has 4 nitrogen and oxygen atoms in total. The Morgan fingerprint density at radius 1 is 1.32 bits per heavy atom. The second kappa shape index (κ2) is 5.65. The van der Waals surface area contributed by atoms with Crippen LogP contribution in [0.4, 0.5) is 0 Å². The number of morpholine rings is 1. The van der Waals surface area contributed by atoms with E-state index in [0.29, 0.717) is 11.6 Å². The Kier molecular flexibility index (Phi) is 3.73. The first kappa shape index (κ1) is 12.5. The maximum Gasteiger partial charge on any atom is 0.116 e. The van der Waals surface area contributed by atoms with Crippen molar-refractivity contribution in [2.45, 2.75) is 6.04 Å². The highest BCUT2D eigenvalue weighted by molar-refractivity contribution is 6.31. The van der Waals surface area contributed by atoms with Crippen LogP contribution < -0.4 is 5.32 Å². The average Bonchev–Trinajstić information content (AvgIpc) is 2.48. The summed E-state index contributed by atoms with van der Waals surface area (Å²) in [6, 6.07) is 8.05. The van der Waals surface area contributed by atoms with Crippen molar-refractivity contribution >= 4 is 11.6 Å². The summed E-state index contributed by atoms with van der Waals surface area (Å²) in [6.07, 6.45) is 3.27. The zero-order valence-electron chi connectivity index (χ0n) is 10.3. The molecule has 1 N–H and O–H groups in total. The molecule has 3 rings (SSSR count). The standard InChI is InChI=1S/C14H14ClN3O/c15-12-6-10(13-1-2-16-9-18-13)5-11(7-12)14-8-19-4-3-17-14/h1-2,5-7,9,14,17H,3-4,8H2. The van der Waals surface area contributed by atoms with Gasteiger partial charge in [-0.1, -0.05) is 11.6 Å². The number of nitrogens with zero attached hydrogens (tertiary/aromatic N) is 2. The molecule has 1 aromatic carbocycles. The molecule has 1 atom stereocenters. The number of nitrogens with one attached hydrogen (secondary N) is 1. The first-order valence-electron chi connectivity index (χ1n) is 6.21. The maximum absolute atomic E-state index is 6.21. The van der Waals surface area contributed by atoms with Crippen molar-refractivity contribution in [3.63, 3.8) is 0 Å². The lowest BCUT2D eigenvalue weighted by atomic mass is 10.0. The zero-order chi connectivity index (χ0) is 13.1. The molecular formula is C14H14ClN3O. The lowest BCUT2D eigenvalue weighted by Gasteiger charge is -2.24. The molecule has 0 aliphatic carbocycles. The molecule has 1 saturated heterocycles. The second-order valence-corrected chi connectivity index (χ2v) is 4.89. The Balaban J connectivity index is 1.96. The largest absolute Gasteiger partial charge is 0.378 e. The topological polar surface area (TPSA) is 47.0 Å². The molecule has 19 heavy (non-hydrogen) atoms. The summed E-state index contributed by atoms with van der Waals surface area (Å²) in [7, 11) is 0. The first-order chi connectivity index (χ1) is 9.33. The van der Waals surface area contributed by atoms with Crippen LogP contribution in [-0.2, 0) is 4.74 Å². The molecule has 0 saturated carbocycles. The molecule has 98 valence electrons. The van der Waals surface area contributed by atoms with E-state index in [1.165, 1.54) is 6.33 Å². The predicted molar refractivity (Wildman–Crippen MR) is 74.0 cm³/mol. The SMILES string of the molecule is Clc1cc(-c2ccncn2)cc(C2COCCN2)c1. The summed E-state index contributed by atoms with van der Waals surface area (Å²) in [6.45, 7) is 2.29. The zero-order valence-corrected chi connectivity index (χ0v) is 11.1. The van der Waals surface area contributed by atoms with Gasteiger partial charge in [0.1, 0.15) is 6.33 Å². The van der Waals surface area contributed by atoms with Crippen molar-refractivity contribution in [1.82, 2.24) is 15.3 Å². The number of rotatable bonds is 2. The number of ether oxygens (including phenoxy) is 1. The second-order valence-electron chi connectivity index (χ2n) is 4.45. The van der Waals surface area contributed by atoms with Crippen LogP contribution in [0.1, 0.15) is 11.6 Å². The molecule has 1 aliphatic rings. The van der Waals surface area contributed by atoms with Crippen LogP contribution in [-0.4, -0.2) is 29.7 Å². The number of hydrogen-bond donors (Lipinski definition) is 1. The van der Waals surface area contributed by atoms with Gasteiger partial charge in [0.25, 0.3) is 0 Å². The van der Waals surface area contributed by atoms with Gasteiger partial charge in [-0.05, 0) is 29.8 Å². The van der Waals surface area contributed by atoms with E-state index in [4.69, 9.17) is 16.3 Å². The van der Waals surface area contributed by atoms with E-state index < -0.39 is 0 Å². The molecular weight excluding hydrogens is 262 g/mol. The molecule has 1 aromatic heterocycles. The van der Waals surface area contributed by atoms with Gasteiger partial charge in [-0.15, -0.1) is 0 Å². The molecule has 1 aliphatic heterocycles. The van der Waals surface area contributed by atoms with Gasteiger partial charge in [-0.25, -0.2) is 9.97 Å². The number of hydrogen-bond acceptors (Lipinski definition) is 4. The highest BCUT2D eigenvalue weighted by atomic mass is 35.5. The first-order valence-corrected chi connectivity index (χ1v) is 6.59. The van der Waals surface area contributed by atoms with Crippen LogP contribution in [0, 0.1) is 0 Å². The van der Waals surface area contributed by atoms with Gasteiger partial charge in [-0.3, -0.25) is 0 Å².